The number of rotatable bonds is 10. The van der Waals surface area contributed by atoms with Crippen molar-refractivity contribution >= 4 is 17.6 Å². The minimum absolute atomic E-state index is 0.0692. The zero-order valence-electron chi connectivity index (χ0n) is 15.4. The first-order valence-corrected chi connectivity index (χ1v) is 8.83. The summed E-state index contributed by atoms with van der Waals surface area (Å²) in [5.74, 6) is 0.243. The first kappa shape index (κ1) is 20.2. The molecule has 6 heteroatoms. The van der Waals surface area contributed by atoms with Gasteiger partial charge in [0.2, 0.25) is 11.8 Å². The number of carbonyl (C=O) groups excluding carboxylic acids is 3. The lowest BCUT2D eigenvalue weighted by Crippen LogP contribution is -2.30. The first-order valence-electron chi connectivity index (χ1n) is 8.83. The van der Waals surface area contributed by atoms with Crippen LogP contribution >= 0.6 is 0 Å². The van der Waals surface area contributed by atoms with E-state index in [4.69, 9.17) is 4.74 Å². The molecule has 0 aromatic heterocycles. The van der Waals surface area contributed by atoms with Gasteiger partial charge in [0.25, 0.3) is 0 Å². The minimum Gasteiger partial charge on any atom is -0.496 e. The van der Waals surface area contributed by atoms with Crippen LogP contribution in [0.4, 0.5) is 0 Å². The number of ether oxygens (including phenoxy) is 1. The third kappa shape index (κ3) is 6.93. The Morgan fingerprint density at radius 3 is 2.22 bits per heavy atom. The Morgan fingerprint density at radius 2 is 1.48 bits per heavy atom. The van der Waals surface area contributed by atoms with E-state index in [0.717, 1.165) is 5.56 Å². The normalized spacial score (nSPS) is 10.1. The molecule has 2 aromatic rings. The molecule has 2 N–H and O–H groups in total. The molecular formula is C21H24N2O4. The molecule has 142 valence electrons. The Morgan fingerprint density at radius 1 is 0.815 bits per heavy atom. The average Bonchev–Trinajstić information content (AvgIpc) is 2.71. The Hall–Kier alpha value is -3.15. The molecule has 0 heterocycles. The van der Waals surface area contributed by atoms with Crippen LogP contribution in [-0.4, -0.2) is 31.3 Å². The molecule has 2 rings (SSSR count). The fourth-order valence-corrected chi connectivity index (χ4v) is 2.53. The number of ketones is 1. The first-order chi connectivity index (χ1) is 13.1. The molecule has 6 nitrogen and oxygen atoms in total. The van der Waals surface area contributed by atoms with Gasteiger partial charge in [-0.05, 0) is 6.07 Å². The van der Waals surface area contributed by atoms with Gasteiger partial charge in [-0.25, -0.2) is 0 Å². The van der Waals surface area contributed by atoms with Crippen molar-refractivity contribution in [1.82, 2.24) is 10.6 Å². The standard InChI is InChI=1S/C21H24N2O4/c1-27-19-10-6-5-9-17(19)15-23-21(26)13-14-22-20(25)12-11-18(24)16-7-3-2-4-8-16/h2-10H,11-15H2,1H3,(H,22,25)(H,23,26). The lowest BCUT2D eigenvalue weighted by atomic mass is 10.1. The van der Waals surface area contributed by atoms with Gasteiger partial charge in [0, 0.05) is 43.5 Å². The third-order valence-electron chi connectivity index (χ3n) is 4.02. The van der Waals surface area contributed by atoms with Crippen molar-refractivity contribution in [1.29, 1.82) is 0 Å². The molecule has 0 spiro atoms. The van der Waals surface area contributed by atoms with E-state index in [1.807, 2.05) is 30.3 Å². The molecule has 0 unspecified atom stereocenters. The largest absolute Gasteiger partial charge is 0.496 e. The molecule has 2 amide bonds. The van der Waals surface area contributed by atoms with Crippen LogP contribution in [0.3, 0.4) is 0 Å². The van der Waals surface area contributed by atoms with Gasteiger partial charge in [0.05, 0.1) is 7.11 Å². The zero-order valence-corrected chi connectivity index (χ0v) is 15.4. The van der Waals surface area contributed by atoms with Crippen molar-refractivity contribution < 1.29 is 19.1 Å². The molecule has 0 saturated heterocycles. The summed E-state index contributed by atoms with van der Waals surface area (Å²) < 4.78 is 5.23. The number of amides is 2. The molecule has 0 radical (unpaired) electrons. The van der Waals surface area contributed by atoms with E-state index in [1.165, 1.54) is 0 Å². The smallest absolute Gasteiger partial charge is 0.222 e. The third-order valence-corrected chi connectivity index (χ3v) is 4.02. The van der Waals surface area contributed by atoms with Crippen LogP contribution in [0, 0.1) is 0 Å². The van der Waals surface area contributed by atoms with Crippen molar-refractivity contribution in [3.8, 4) is 5.75 Å². The van der Waals surface area contributed by atoms with Crippen LogP contribution < -0.4 is 15.4 Å². The Kier molecular flexibility index (Phi) is 8.03. The molecule has 2 aromatic carbocycles. The molecule has 0 saturated carbocycles. The number of para-hydroxylation sites is 1. The molecule has 0 aliphatic carbocycles. The molecule has 0 aliphatic heterocycles. The van der Waals surface area contributed by atoms with Crippen molar-refractivity contribution in [2.45, 2.75) is 25.8 Å². The summed E-state index contributed by atoms with van der Waals surface area (Å²) in [5, 5.41) is 5.46. The highest BCUT2D eigenvalue weighted by molar-refractivity contribution is 5.97. The summed E-state index contributed by atoms with van der Waals surface area (Å²) in [4.78, 5) is 35.7. The second-order valence-corrected chi connectivity index (χ2v) is 5.98. The summed E-state index contributed by atoms with van der Waals surface area (Å²) in [7, 11) is 1.58. The van der Waals surface area contributed by atoms with Gasteiger partial charge in [0.1, 0.15) is 5.75 Å². The number of hydrogen-bond acceptors (Lipinski definition) is 4. The summed E-state index contributed by atoms with van der Waals surface area (Å²) in [6.07, 6.45) is 0.430. The maximum absolute atomic E-state index is 11.9. The predicted octanol–water partition coefficient (Wildman–Crippen LogP) is 2.48. The summed E-state index contributed by atoms with van der Waals surface area (Å²) in [6, 6.07) is 16.3. The SMILES string of the molecule is COc1ccccc1CNC(=O)CCNC(=O)CCC(=O)c1ccccc1. The van der Waals surface area contributed by atoms with Crippen molar-refractivity contribution in [3.63, 3.8) is 0 Å². The molecule has 27 heavy (non-hydrogen) atoms. The summed E-state index contributed by atoms with van der Waals surface area (Å²) in [6.45, 7) is 0.596. The van der Waals surface area contributed by atoms with E-state index in [9.17, 15) is 14.4 Å². The number of methoxy groups -OCH3 is 1. The van der Waals surface area contributed by atoms with Crippen LogP contribution in [0.25, 0.3) is 0 Å². The quantitative estimate of drug-likeness (QED) is 0.631. The minimum atomic E-state index is -0.239. The van der Waals surface area contributed by atoms with Gasteiger partial charge in [0.15, 0.2) is 5.78 Å². The second kappa shape index (κ2) is 10.8. The van der Waals surface area contributed by atoms with Gasteiger partial charge in [-0.15, -0.1) is 0 Å². The fourth-order valence-electron chi connectivity index (χ4n) is 2.53. The number of carbonyl (C=O) groups is 3. The van der Waals surface area contributed by atoms with E-state index < -0.39 is 0 Å². The Balaban J connectivity index is 1.63. The van der Waals surface area contributed by atoms with Crippen LogP contribution in [0.2, 0.25) is 0 Å². The molecule has 0 aliphatic rings. The fraction of sp³-hybridized carbons (Fsp3) is 0.286. The van der Waals surface area contributed by atoms with Crippen molar-refractivity contribution in [2.75, 3.05) is 13.7 Å². The number of nitrogens with one attached hydrogen (secondary N) is 2. The highest BCUT2D eigenvalue weighted by Gasteiger charge is 2.10. The van der Waals surface area contributed by atoms with Crippen LogP contribution in [0.1, 0.15) is 35.2 Å². The van der Waals surface area contributed by atoms with E-state index in [0.29, 0.717) is 17.9 Å². The van der Waals surface area contributed by atoms with Crippen molar-refractivity contribution in [2.24, 2.45) is 0 Å². The van der Waals surface area contributed by atoms with Gasteiger partial charge in [-0.3, -0.25) is 14.4 Å². The zero-order chi connectivity index (χ0) is 19.5. The number of benzene rings is 2. The summed E-state index contributed by atoms with van der Waals surface area (Å²) >= 11 is 0. The molecular weight excluding hydrogens is 344 g/mol. The van der Waals surface area contributed by atoms with Gasteiger partial charge >= 0.3 is 0 Å². The predicted molar refractivity (Wildman–Crippen MR) is 102 cm³/mol. The van der Waals surface area contributed by atoms with Crippen molar-refractivity contribution in [3.05, 3.63) is 65.7 Å². The maximum Gasteiger partial charge on any atom is 0.222 e. The lowest BCUT2D eigenvalue weighted by Gasteiger charge is -2.10. The molecule has 0 atom stereocenters. The highest BCUT2D eigenvalue weighted by atomic mass is 16.5. The summed E-state index contributed by atoms with van der Waals surface area (Å²) in [5.41, 5.74) is 1.48. The Bertz CT molecular complexity index is 775. The monoisotopic (exact) mass is 368 g/mol. The average molecular weight is 368 g/mol. The van der Waals surface area contributed by atoms with E-state index >= 15 is 0 Å². The second-order valence-electron chi connectivity index (χ2n) is 5.98. The number of Topliss-reactive ketones (excluding diaryl/α,β-unsaturated/α-hetero) is 1. The maximum atomic E-state index is 11.9. The van der Waals surface area contributed by atoms with E-state index in [2.05, 4.69) is 10.6 Å². The Labute approximate surface area is 158 Å². The highest BCUT2D eigenvalue weighted by Crippen LogP contribution is 2.16. The molecule has 0 fully saturated rings. The van der Waals surface area contributed by atoms with E-state index in [-0.39, 0.29) is 43.4 Å². The van der Waals surface area contributed by atoms with Crippen LogP contribution in [0.15, 0.2) is 54.6 Å². The van der Waals surface area contributed by atoms with Gasteiger partial charge in [-0.2, -0.15) is 0 Å². The van der Waals surface area contributed by atoms with Gasteiger partial charge in [-0.1, -0.05) is 48.5 Å². The van der Waals surface area contributed by atoms with Crippen LogP contribution in [-0.2, 0) is 16.1 Å². The topological polar surface area (TPSA) is 84.5 Å². The van der Waals surface area contributed by atoms with Crippen LogP contribution in [0.5, 0.6) is 5.75 Å². The lowest BCUT2D eigenvalue weighted by molar-refractivity contribution is -0.122. The van der Waals surface area contributed by atoms with E-state index in [1.54, 1.807) is 31.4 Å². The molecule has 0 bridgehead atoms. The van der Waals surface area contributed by atoms with Gasteiger partial charge < -0.3 is 15.4 Å². The number of hydrogen-bond donors (Lipinski definition) is 2.